The van der Waals surface area contributed by atoms with Crippen LogP contribution in [0.5, 0.6) is 11.5 Å². The summed E-state index contributed by atoms with van der Waals surface area (Å²) in [6.45, 7) is 2.02. The largest absolute Gasteiger partial charge is 0.493 e. The van der Waals surface area contributed by atoms with E-state index in [1.54, 1.807) is 30.3 Å². The lowest BCUT2D eigenvalue weighted by atomic mass is 10.1. The lowest BCUT2D eigenvalue weighted by Crippen LogP contribution is -2.24. The summed E-state index contributed by atoms with van der Waals surface area (Å²) in [4.78, 5) is 16.3. The van der Waals surface area contributed by atoms with Crippen LogP contribution in [0.3, 0.4) is 0 Å². The van der Waals surface area contributed by atoms with Crippen LogP contribution in [-0.2, 0) is 26.8 Å². The van der Waals surface area contributed by atoms with Crippen molar-refractivity contribution >= 4 is 21.4 Å². The van der Waals surface area contributed by atoms with Crippen LogP contribution in [0.4, 0.5) is 5.69 Å². The molecule has 0 atom stereocenters. The summed E-state index contributed by atoms with van der Waals surface area (Å²) in [7, 11) is -0.794. The first-order valence-corrected chi connectivity index (χ1v) is 11.3. The topological polar surface area (TPSA) is 121 Å². The first-order valence-electron chi connectivity index (χ1n) is 9.47. The summed E-state index contributed by atoms with van der Waals surface area (Å²) in [5.41, 5.74) is 2.22. The van der Waals surface area contributed by atoms with Gasteiger partial charge in [0.25, 0.3) is 0 Å². The molecule has 3 aromatic rings. The highest BCUT2D eigenvalue weighted by Gasteiger charge is 2.22. The van der Waals surface area contributed by atoms with E-state index in [2.05, 4.69) is 15.5 Å². The summed E-state index contributed by atoms with van der Waals surface area (Å²) in [5, 5.41) is 6.40. The molecule has 164 valence electrons. The number of benzene rings is 2. The minimum atomic E-state index is -3.81. The first kappa shape index (κ1) is 22.3. The van der Waals surface area contributed by atoms with Crippen LogP contribution in [0.1, 0.15) is 18.4 Å². The third kappa shape index (κ3) is 5.82. The minimum Gasteiger partial charge on any atom is -0.493 e. The van der Waals surface area contributed by atoms with E-state index in [-0.39, 0.29) is 11.7 Å². The summed E-state index contributed by atoms with van der Waals surface area (Å²) >= 11 is 0. The van der Waals surface area contributed by atoms with Crippen molar-refractivity contribution in [3.63, 3.8) is 0 Å². The van der Waals surface area contributed by atoms with Crippen molar-refractivity contribution in [2.45, 2.75) is 19.1 Å². The van der Waals surface area contributed by atoms with E-state index in [0.717, 1.165) is 12.0 Å². The molecule has 0 saturated heterocycles. The number of rotatable bonds is 9. The second-order valence-corrected chi connectivity index (χ2v) is 8.78. The molecule has 0 aliphatic carbocycles. The molecule has 9 nitrogen and oxygen atoms in total. The highest BCUT2D eigenvalue weighted by molar-refractivity contribution is 7.91. The number of hydrogen-bond donors (Lipinski definition) is 1. The van der Waals surface area contributed by atoms with Gasteiger partial charge in [0.1, 0.15) is 11.5 Å². The van der Waals surface area contributed by atoms with Gasteiger partial charge in [-0.1, -0.05) is 24.2 Å². The zero-order valence-corrected chi connectivity index (χ0v) is 18.2. The number of anilines is 1. The van der Waals surface area contributed by atoms with Gasteiger partial charge in [-0.3, -0.25) is 4.79 Å². The lowest BCUT2D eigenvalue weighted by molar-refractivity contribution is -0.113. The number of hydrogen-bond acceptors (Lipinski definition) is 8. The Bertz CT molecular complexity index is 1160. The monoisotopic (exact) mass is 445 g/mol. The van der Waals surface area contributed by atoms with Gasteiger partial charge in [-0.05, 0) is 42.3 Å². The summed E-state index contributed by atoms with van der Waals surface area (Å²) in [5.74, 6) is -0.776. The fourth-order valence-electron chi connectivity index (χ4n) is 2.87. The van der Waals surface area contributed by atoms with Crippen LogP contribution >= 0.6 is 0 Å². The van der Waals surface area contributed by atoms with Gasteiger partial charge in [0.05, 0.1) is 14.2 Å². The standard InChI is InChI=1S/C21H23N3O6S/c1-4-14-5-8-16(9-6-14)22-19(25)12-31(26,27)13-20-23-21(24-30-20)15-7-10-17(28-2)18(11-15)29-3/h5-11H,4,12-13H2,1-3H3,(H,22,25). The normalized spacial score (nSPS) is 11.2. The third-order valence-electron chi connectivity index (χ3n) is 4.45. The fourth-order valence-corrected chi connectivity index (χ4v) is 3.93. The smallest absolute Gasteiger partial charge is 0.242 e. The van der Waals surface area contributed by atoms with Gasteiger partial charge in [-0.2, -0.15) is 4.98 Å². The molecule has 10 heteroatoms. The first-order chi connectivity index (χ1) is 14.8. The van der Waals surface area contributed by atoms with E-state index in [9.17, 15) is 13.2 Å². The predicted molar refractivity (Wildman–Crippen MR) is 115 cm³/mol. The van der Waals surface area contributed by atoms with Crippen molar-refractivity contribution < 1.29 is 27.2 Å². The van der Waals surface area contributed by atoms with Gasteiger partial charge in [0.2, 0.25) is 17.6 Å². The van der Waals surface area contributed by atoms with Crippen LogP contribution in [-0.4, -0.2) is 44.4 Å². The zero-order chi connectivity index (χ0) is 22.4. The number of ether oxygens (including phenoxy) is 2. The molecule has 0 bridgehead atoms. The van der Waals surface area contributed by atoms with E-state index in [0.29, 0.717) is 22.7 Å². The molecule has 0 unspecified atom stereocenters. The molecule has 0 aliphatic heterocycles. The second-order valence-electron chi connectivity index (χ2n) is 6.71. The molecule has 31 heavy (non-hydrogen) atoms. The average molecular weight is 445 g/mol. The Hall–Kier alpha value is -3.40. The van der Waals surface area contributed by atoms with Crippen molar-refractivity contribution in [1.82, 2.24) is 10.1 Å². The molecule has 0 radical (unpaired) electrons. The van der Waals surface area contributed by atoms with Crippen LogP contribution in [0.25, 0.3) is 11.4 Å². The Kier molecular flexibility index (Phi) is 6.91. The summed E-state index contributed by atoms with van der Waals surface area (Å²) in [6.07, 6.45) is 0.873. The Morgan fingerprint density at radius 1 is 1.06 bits per heavy atom. The van der Waals surface area contributed by atoms with Crippen molar-refractivity contribution in [3.05, 3.63) is 53.9 Å². The molecule has 2 aromatic carbocycles. The van der Waals surface area contributed by atoms with Crippen molar-refractivity contribution in [1.29, 1.82) is 0 Å². The fraction of sp³-hybridized carbons (Fsp3) is 0.286. The Balaban J connectivity index is 1.65. The van der Waals surface area contributed by atoms with Gasteiger partial charge in [0, 0.05) is 11.3 Å². The van der Waals surface area contributed by atoms with Gasteiger partial charge in [-0.25, -0.2) is 8.42 Å². The van der Waals surface area contributed by atoms with Gasteiger partial charge in [0.15, 0.2) is 21.3 Å². The van der Waals surface area contributed by atoms with Crippen molar-refractivity contribution in [2.24, 2.45) is 0 Å². The highest BCUT2D eigenvalue weighted by Crippen LogP contribution is 2.31. The molecule has 1 amide bonds. The zero-order valence-electron chi connectivity index (χ0n) is 17.4. The molecule has 1 heterocycles. The maximum Gasteiger partial charge on any atom is 0.242 e. The number of nitrogens with zero attached hydrogens (tertiary/aromatic N) is 2. The highest BCUT2D eigenvalue weighted by atomic mass is 32.2. The van der Waals surface area contributed by atoms with E-state index in [1.165, 1.54) is 14.2 Å². The third-order valence-corrected chi connectivity index (χ3v) is 5.84. The number of aryl methyl sites for hydroxylation is 1. The Morgan fingerprint density at radius 3 is 2.42 bits per heavy atom. The quantitative estimate of drug-likeness (QED) is 0.534. The van der Waals surface area contributed by atoms with Crippen molar-refractivity contribution in [3.8, 4) is 22.9 Å². The molecule has 0 aliphatic rings. The maximum absolute atomic E-state index is 12.4. The van der Waals surface area contributed by atoms with Crippen LogP contribution in [0, 0.1) is 0 Å². The van der Waals surface area contributed by atoms with E-state index in [1.807, 2.05) is 19.1 Å². The second kappa shape index (κ2) is 9.61. The lowest BCUT2D eigenvalue weighted by Gasteiger charge is -2.07. The number of aromatic nitrogens is 2. The maximum atomic E-state index is 12.4. The number of methoxy groups -OCH3 is 2. The number of sulfone groups is 1. The van der Waals surface area contributed by atoms with Gasteiger partial charge >= 0.3 is 0 Å². The molecule has 0 saturated carbocycles. The van der Waals surface area contributed by atoms with E-state index in [4.69, 9.17) is 14.0 Å². The average Bonchev–Trinajstić information content (AvgIpc) is 3.20. The van der Waals surface area contributed by atoms with E-state index < -0.39 is 27.3 Å². The van der Waals surface area contributed by atoms with Crippen LogP contribution < -0.4 is 14.8 Å². The van der Waals surface area contributed by atoms with E-state index >= 15 is 0 Å². The van der Waals surface area contributed by atoms with Gasteiger partial charge in [-0.15, -0.1) is 0 Å². The molecule has 0 fully saturated rings. The number of carbonyl (C=O) groups excluding carboxylic acids is 1. The number of nitrogens with one attached hydrogen (secondary N) is 1. The van der Waals surface area contributed by atoms with Gasteiger partial charge < -0.3 is 19.3 Å². The molecule has 1 N–H and O–H groups in total. The molecule has 1 aromatic heterocycles. The Morgan fingerprint density at radius 2 is 1.77 bits per heavy atom. The SMILES string of the molecule is CCc1ccc(NC(=O)CS(=O)(=O)Cc2nc(-c3ccc(OC)c(OC)c3)no2)cc1. The minimum absolute atomic E-state index is 0.107. The number of amides is 1. The van der Waals surface area contributed by atoms with Crippen LogP contribution in [0.15, 0.2) is 47.0 Å². The molecule has 3 rings (SSSR count). The Labute approximate surface area is 180 Å². The summed E-state index contributed by atoms with van der Waals surface area (Å²) < 4.78 is 40.3. The molecular weight excluding hydrogens is 422 g/mol. The summed E-state index contributed by atoms with van der Waals surface area (Å²) in [6, 6.07) is 12.2. The number of carbonyl (C=O) groups is 1. The molecule has 0 spiro atoms. The van der Waals surface area contributed by atoms with Crippen molar-refractivity contribution in [2.75, 3.05) is 25.3 Å². The van der Waals surface area contributed by atoms with Crippen LogP contribution in [0.2, 0.25) is 0 Å². The predicted octanol–water partition coefficient (Wildman–Crippen LogP) is 2.87. The molecular formula is C21H23N3O6S.